The Kier molecular flexibility index (Phi) is 10.6. The van der Waals surface area contributed by atoms with Crippen LogP contribution in [0.1, 0.15) is 91.9 Å². The Hall–Kier alpha value is -1.55. The molecule has 41 heavy (non-hydrogen) atoms. The first kappa shape index (κ1) is 32.4. The summed E-state index contributed by atoms with van der Waals surface area (Å²) in [6, 6.07) is 0. The second-order valence-corrected chi connectivity index (χ2v) is 13.8. The van der Waals surface area contributed by atoms with Crippen molar-refractivity contribution in [3.8, 4) is 0 Å². The minimum atomic E-state index is -1.78. The number of ether oxygens (including phenoxy) is 2. The Labute approximate surface area is 245 Å². The second-order valence-electron chi connectivity index (χ2n) is 13.8. The molecule has 0 aromatic heterocycles. The number of aliphatic carboxylic acids is 1. The van der Waals surface area contributed by atoms with Crippen LogP contribution in [0.25, 0.3) is 0 Å². The highest BCUT2D eigenvalue weighted by atomic mass is 16.7. The molecule has 4 rings (SSSR count). The van der Waals surface area contributed by atoms with Gasteiger partial charge >= 0.3 is 5.97 Å². The number of carbonyl (C=O) groups is 1. The average molecular weight is 577 g/mol. The number of aliphatic hydroxyl groups excluding tert-OH is 4. The number of rotatable bonds is 9. The summed E-state index contributed by atoms with van der Waals surface area (Å²) in [4.78, 5) is 11.5. The molecule has 232 valence electrons. The zero-order valence-corrected chi connectivity index (χ0v) is 25.2. The highest BCUT2D eigenvalue weighted by molar-refractivity contribution is 5.73. The van der Waals surface area contributed by atoms with Gasteiger partial charge in [-0.1, -0.05) is 71.3 Å². The summed E-state index contributed by atoms with van der Waals surface area (Å²) >= 11 is 0. The lowest BCUT2D eigenvalue weighted by Crippen LogP contribution is -2.61. The molecule has 0 bridgehead atoms. The topological polar surface area (TPSA) is 137 Å². The van der Waals surface area contributed by atoms with Gasteiger partial charge in [0.2, 0.25) is 0 Å². The number of carboxylic acid groups (broad SMARTS) is 1. The van der Waals surface area contributed by atoms with Crippen LogP contribution in [0, 0.1) is 29.1 Å². The van der Waals surface area contributed by atoms with E-state index in [-0.39, 0.29) is 6.42 Å². The molecule has 8 heteroatoms. The summed E-state index contributed by atoms with van der Waals surface area (Å²) in [6.07, 6.45) is 5.07. The summed E-state index contributed by atoms with van der Waals surface area (Å²) in [5.74, 6) is 1.33. The Bertz CT molecular complexity index is 1000. The first-order valence-corrected chi connectivity index (χ1v) is 15.7. The van der Waals surface area contributed by atoms with Crippen LogP contribution in [0.3, 0.4) is 0 Å². The summed E-state index contributed by atoms with van der Waals surface area (Å²) in [7, 11) is 0. The van der Waals surface area contributed by atoms with E-state index in [9.17, 15) is 30.3 Å². The van der Waals surface area contributed by atoms with E-state index in [0.29, 0.717) is 23.3 Å². The lowest BCUT2D eigenvalue weighted by Gasteiger charge is -2.44. The maximum absolute atomic E-state index is 11.5. The minimum absolute atomic E-state index is 0.201. The van der Waals surface area contributed by atoms with Gasteiger partial charge in [-0.2, -0.15) is 0 Å². The summed E-state index contributed by atoms with van der Waals surface area (Å²) < 4.78 is 11.2. The molecule has 4 aliphatic rings. The van der Waals surface area contributed by atoms with Crippen molar-refractivity contribution in [2.45, 2.75) is 135 Å². The van der Waals surface area contributed by atoms with E-state index < -0.39 is 48.9 Å². The Morgan fingerprint density at radius 1 is 1.10 bits per heavy atom. The first-order chi connectivity index (χ1) is 19.3. The van der Waals surface area contributed by atoms with Crippen molar-refractivity contribution in [1.29, 1.82) is 0 Å². The molecular formula is C33H52O8. The Balaban J connectivity index is 1.45. The lowest BCUT2D eigenvalue weighted by molar-refractivity contribution is -0.305. The molecule has 11 atom stereocenters. The van der Waals surface area contributed by atoms with Crippen molar-refractivity contribution < 1.29 is 39.8 Å². The van der Waals surface area contributed by atoms with Crippen LogP contribution in [0.2, 0.25) is 0 Å². The van der Waals surface area contributed by atoms with Gasteiger partial charge in [0, 0.05) is 6.42 Å². The highest BCUT2D eigenvalue weighted by Crippen LogP contribution is 2.60. The fraction of sp³-hybridized carbons (Fsp3) is 0.788. The maximum atomic E-state index is 11.5. The second kappa shape index (κ2) is 13.4. The molecule has 8 nitrogen and oxygen atoms in total. The number of hydrogen-bond donors (Lipinski definition) is 5. The van der Waals surface area contributed by atoms with Gasteiger partial charge in [0.15, 0.2) is 12.4 Å². The molecule has 0 unspecified atom stereocenters. The summed E-state index contributed by atoms with van der Waals surface area (Å²) in [6.45, 7) is 13.7. The van der Waals surface area contributed by atoms with Crippen molar-refractivity contribution in [2.75, 3.05) is 0 Å². The fourth-order valence-electron chi connectivity index (χ4n) is 8.17. The summed E-state index contributed by atoms with van der Waals surface area (Å²) in [5, 5.41) is 50.6. The molecule has 1 saturated heterocycles. The van der Waals surface area contributed by atoms with Gasteiger partial charge in [0.1, 0.15) is 18.3 Å². The van der Waals surface area contributed by atoms with Crippen LogP contribution in [0.4, 0.5) is 0 Å². The van der Waals surface area contributed by atoms with Crippen LogP contribution >= 0.6 is 0 Å². The molecule has 0 aromatic carbocycles. The smallest absolute Gasteiger partial charge is 0.335 e. The van der Waals surface area contributed by atoms with E-state index in [1.54, 1.807) is 0 Å². The van der Waals surface area contributed by atoms with Gasteiger partial charge in [-0.3, -0.25) is 0 Å². The van der Waals surface area contributed by atoms with Crippen LogP contribution in [-0.4, -0.2) is 74.4 Å². The third kappa shape index (κ3) is 7.00. The van der Waals surface area contributed by atoms with Crippen LogP contribution in [-0.2, 0) is 14.3 Å². The molecule has 0 spiro atoms. The Morgan fingerprint density at radius 2 is 1.83 bits per heavy atom. The number of hydrogen-bond acceptors (Lipinski definition) is 7. The van der Waals surface area contributed by atoms with E-state index in [1.165, 1.54) is 50.5 Å². The molecule has 3 aliphatic carbocycles. The predicted molar refractivity (Wildman–Crippen MR) is 156 cm³/mol. The predicted octanol–water partition coefficient (Wildman–Crippen LogP) is 4.51. The number of allylic oxidation sites excluding steroid dienone is 3. The maximum Gasteiger partial charge on any atom is 0.335 e. The van der Waals surface area contributed by atoms with E-state index >= 15 is 0 Å². The van der Waals surface area contributed by atoms with Crippen LogP contribution in [0.15, 0.2) is 35.5 Å². The molecule has 0 amide bonds. The normalized spacial score (nSPS) is 42.6. The van der Waals surface area contributed by atoms with E-state index in [2.05, 4.69) is 46.4 Å². The molecule has 5 N–H and O–H groups in total. The van der Waals surface area contributed by atoms with Crippen molar-refractivity contribution >= 4 is 5.97 Å². The van der Waals surface area contributed by atoms with Crippen molar-refractivity contribution in [3.63, 3.8) is 0 Å². The molecule has 1 heterocycles. The fourth-order valence-corrected chi connectivity index (χ4v) is 8.17. The molecule has 3 saturated carbocycles. The zero-order valence-electron chi connectivity index (χ0n) is 25.2. The average Bonchev–Trinajstić information content (AvgIpc) is 3.27. The van der Waals surface area contributed by atoms with E-state index in [4.69, 9.17) is 9.47 Å². The molecule has 1 aliphatic heterocycles. The van der Waals surface area contributed by atoms with Gasteiger partial charge in [0.05, 0.1) is 12.2 Å². The van der Waals surface area contributed by atoms with Gasteiger partial charge in [0.25, 0.3) is 0 Å². The monoisotopic (exact) mass is 576 g/mol. The van der Waals surface area contributed by atoms with Crippen LogP contribution in [0.5, 0.6) is 0 Å². The highest BCUT2D eigenvalue weighted by Gasteiger charge is 2.51. The largest absolute Gasteiger partial charge is 0.479 e. The SMILES string of the molecule is C=C1/C(=C/C=C2\CCC[C@]3(C)[C@@H]([C@H](C)CCCC(C)C)CC[C@@H]23)C[C@@H](O[C@H]2O[C@H](C(=O)O)[C@@H](O)[C@H](O)[C@H]2O)C[C@@H]1O. The van der Waals surface area contributed by atoms with E-state index in [0.717, 1.165) is 29.7 Å². The standard InChI is InChI=1S/C33H52O8/c1-18(2)8-6-9-19(3)24-13-14-25-21(10-7-15-33(24,25)5)11-12-22-16-23(17-26(34)20(22)4)40-32-29(37)27(35)28(36)30(41-32)31(38)39/h11-12,18-19,23-30,32,34-37H,4,6-10,13-17H2,1-3,5H3,(H,38,39)/b21-11+,22-12+/t19-,23-,24-,25+,26+,27+,28+,29-,30+,32+,33-/m1/s1. The molecule has 4 fully saturated rings. The first-order valence-electron chi connectivity index (χ1n) is 15.7. The third-order valence-corrected chi connectivity index (χ3v) is 10.6. The lowest BCUT2D eigenvalue weighted by atomic mass is 9.60. The van der Waals surface area contributed by atoms with Gasteiger partial charge in [-0.05, 0) is 78.8 Å². The van der Waals surface area contributed by atoms with Crippen molar-refractivity contribution in [1.82, 2.24) is 0 Å². The zero-order chi connectivity index (χ0) is 30.1. The van der Waals surface area contributed by atoms with Crippen molar-refractivity contribution in [3.05, 3.63) is 35.5 Å². The molecule has 0 radical (unpaired) electrons. The Morgan fingerprint density at radius 3 is 2.51 bits per heavy atom. The number of fused-ring (bicyclic) bond motifs is 1. The summed E-state index contributed by atoms with van der Waals surface area (Å²) in [5.41, 5.74) is 3.27. The van der Waals surface area contributed by atoms with Gasteiger partial charge < -0.3 is 35.0 Å². The number of aliphatic hydroxyl groups is 4. The quantitative estimate of drug-likeness (QED) is 0.271. The van der Waals surface area contributed by atoms with Gasteiger partial charge in [-0.25, -0.2) is 4.79 Å². The van der Waals surface area contributed by atoms with Gasteiger partial charge in [-0.15, -0.1) is 0 Å². The van der Waals surface area contributed by atoms with Crippen molar-refractivity contribution in [2.24, 2.45) is 29.1 Å². The molecule has 0 aromatic rings. The molecular weight excluding hydrogens is 524 g/mol. The van der Waals surface area contributed by atoms with E-state index in [1.807, 2.05) is 0 Å². The number of carboxylic acids is 1. The minimum Gasteiger partial charge on any atom is -0.479 e. The van der Waals surface area contributed by atoms with Crippen LogP contribution < -0.4 is 0 Å². The third-order valence-electron chi connectivity index (χ3n) is 10.6.